The number of anilines is 1. The minimum absolute atomic E-state index is 0.0721. The minimum Gasteiger partial charge on any atom is -0.368 e. The largest absolute Gasteiger partial charge is 0.368 e. The fourth-order valence-corrected chi connectivity index (χ4v) is 3.47. The van der Waals surface area contributed by atoms with Gasteiger partial charge in [-0.1, -0.05) is 6.07 Å². The zero-order valence-corrected chi connectivity index (χ0v) is 15.9. The fraction of sp³-hybridized carbons (Fsp3) is 0.300. The highest BCUT2D eigenvalue weighted by atomic mass is 16.6. The molecule has 0 bridgehead atoms. The van der Waals surface area contributed by atoms with E-state index in [-0.39, 0.29) is 11.7 Å². The second kappa shape index (κ2) is 8.17. The van der Waals surface area contributed by atoms with Gasteiger partial charge in [0.1, 0.15) is 5.65 Å². The van der Waals surface area contributed by atoms with Crippen molar-refractivity contribution in [1.82, 2.24) is 19.6 Å². The summed E-state index contributed by atoms with van der Waals surface area (Å²) in [4.78, 5) is 31.2. The van der Waals surface area contributed by atoms with E-state index in [1.165, 1.54) is 12.1 Å². The summed E-state index contributed by atoms with van der Waals surface area (Å²) in [5.41, 5.74) is 2.86. The molecule has 1 aliphatic heterocycles. The molecule has 0 aliphatic carbocycles. The van der Waals surface area contributed by atoms with E-state index in [9.17, 15) is 14.9 Å². The molecular formula is C20H22N6O3. The number of carbonyl (C=O) groups is 1. The van der Waals surface area contributed by atoms with Gasteiger partial charge in [-0.25, -0.2) is 9.78 Å². The van der Waals surface area contributed by atoms with Crippen LogP contribution in [0.5, 0.6) is 0 Å². The molecule has 1 aromatic carbocycles. The van der Waals surface area contributed by atoms with Crippen LogP contribution in [0.3, 0.4) is 0 Å². The van der Waals surface area contributed by atoms with Crippen LogP contribution in [0.15, 0.2) is 54.9 Å². The van der Waals surface area contributed by atoms with Crippen molar-refractivity contribution in [2.45, 2.75) is 6.42 Å². The number of nitro benzene ring substituents is 1. The third kappa shape index (κ3) is 4.29. The number of hydrogen-bond donors (Lipinski definition) is 1. The Morgan fingerprint density at radius 1 is 1.10 bits per heavy atom. The molecule has 0 spiro atoms. The van der Waals surface area contributed by atoms with Crippen LogP contribution >= 0.6 is 0 Å². The van der Waals surface area contributed by atoms with Gasteiger partial charge >= 0.3 is 6.03 Å². The van der Waals surface area contributed by atoms with E-state index in [0.29, 0.717) is 39.1 Å². The molecule has 9 nitrogen and oxygen atoms in total. The number of rotatable bonds is 5. The highest BCUT2D eigenvalue weighted by molar-refractivity contribution is 5.74. The molecule has 3 aromatic rings. The number of imidazole rings is 1. The van der Waals surface area contributed by atoms with Crippen LogP contribution < -0.4 is 10.2 Å². The lowest BCUT2D eigenvalue weighted by atomic mass is 10.2. The van der Waals surface area contributed by atoms with Gasteiger partial charge in [-0.2, -0.15) is 0 Å². The number of benzene rings is 1. The molecule has 2 aromatic heterocycles. The van der Waals surface area contributed by atoms with Crippen LogP contribution in [-0.4, -0.2) is 58.0 Å². The molecule has 1 aliphatic rings. The Hall–Kier alpha value is -3.62. The molecule has 29 heavy (non-hydrogen) atoms. The number of hydrogen-bond acceptors (Lipinski definition) is 5. The van der Waals surface area contributed by atoms with Gasteiger partial charge in [0, 0.05) is 69.4 Å². The minimum atomic E-state index is -0.404. The number of non-ortho nitro benzene ring substituents is 1. The fourth-order valence-electron chi connectivity index (χ4n) is 3.47. The van der Waals surface area contributed by atoms with Crippen molar-refractivity contribution >= 4 is 23.1 Å². The summed E-state index contributed by atoms with van der Waals surface area (Å²) >= 11 is 0. The normalized spacial score (nSPS) is 14.2. The van der Waals surface area contributed by atoms with Crippen LogP contribution in [0.2, 0.25) is 0 Å². The number of aromatic nitrogens is 2. The highest BCUT2D eigenvalue weighted by Gasteiger charge is 2.21. The molecule has 0 atom stereocenters. The molecule has 2 amide bonds. The van der Waals surface area contributed by atoms with E-state index in [2.05, 4.69) is 15.2 Å². The van der Waals surface area contributed by atoms with Gasteiger partial charge in [0.15, 0.2) is 0 Å². The number of nitrogens with zero attached hydrogens (tertiary/aromatic N) is 5. The lowest BCUT2D eigenvalue weighted by molar-refractivity contribution is -0.384. The third-order valence-corrected chi connectivity index (χ3v) is 5.06. The Balaban J connectivity index is 1.24. The van der Waals surface area contributed by atoms with Gasteiger partial charge in [0.25, 0.3) is 5.69 Å². The Bertz CT molecular complexity index is 975. The summed E-state index contributed by atoms with van der Waals surface area (Å²) in [6, 6.07) is 12.3. The first kappa shape index (κ1) is 18.7. The summed E-state index contributed by atoms with van der Waals surface area (Å²) in [7, 11) is 0. The predicted octanol–water partition coefficient (Wildman–Crippen LogP) is 2.32. The molecule has 3 heterocycles. The molecular weight excluding hydrogens is 372 g/mol. The topological polar surface area (TPSA) is 96.0 Å². The number of urea groups is 1. The lowest BCUT2D eigenvalue weighted by Crippen LogP contribution is -2.52. The van der Waals surface area contributed by atoms with Crippen LogP contribution in [0.25, 0.3) is 5.65 Å². The van der Waals surface area contributed by atoms with Gasteiger partial charge in [0.2, 0.25) is 0 Å². The van der Waals surface area contributed by atoms with E-state index >= 15 is 0 Å². The smallest absolute Gasteiger partial charge is 0.317 e. The second-order valence-electron chi connectivity index (χ2n) is 6.93. The highest BCUT2D eigenvalue weighted by Crippen LogP contribution is 2.20. The van der Waals surface area contributed by atoms with Crippen LogP contribution in [-0.2, 0) is 6.42 Å². The molecule has 1 fully saturated rings. The van der Waals surface area contributed by atoms with Crippen LogP contribution in [0.1, 0.15) is 5.69 Å². The Kier molecular flexibility index (Phi) is 5.28. The number of nitro groups is 1. The molecule has 9 heteroatoms. The summed E-state index contributed by atoms with van der Waals surface area (Å²) < 4.78 is 1.97. The first-order chi connectivity index (χ1) is 14.1. The van der Waals surface area contributed by atoms with Gasteiger partial charge < -0.3 is 19.5 Å². The van der Waals surface area contributed by atoms with E-state index < -0.39 is 4.92 Å². The maximum Gasteiger partial charge on any atom is 0.317 e. The van der Waals surface area contributed by atoms with Crippen molar-refractivity contribution in [2.24, 2.45) is 0 Å². The van der Waals surface area contributed by atoms with Gasteiger partial charge in [-0.15, -0.1) is 0 Å². The number of carbonyl (C=O) groups excluding carboxylic acids is 1. The Morgan fingerprint density at radius 3 is 2.55 bits per heavy atom. The summed E-state index contributed by atoms with van der Waals surface area (Å²) in [6.07, 6.45) is 4.61. The number of pyridine rings is 1. The summed E-state index contributed by atoms with van der Waals surface area (Å²) in [5.74, 6) is 0. The number of fused-ring (bicyclic) bond motifs is 1. The summed E-state index contributed by atoms with van der Waals surface area (Å²) in [5, 5.41) is 13.7. The van der Waals surface area contributed by atoms with E-state index in [1.807, 2.05) is 35.0 Å². The van der Waals surface area contributed by atoms with Crippen molar-refractivity contribution in [3.63, 3.8) is 0 Å². The Morgan fingerprint density at radius 2 is 1.86 bits per heavy atom. The zero-order chi connectivity index (χ0) is 20.2. The van der Waals surface area contributed by atoms with Gasteiger partial charge in [0.05, 0.1) is 10.6 Å². The first-order valence-corrected chi connectivity index (χ1v) is 9.55. The second-order valence-corrected chi connectivity index (χ2v) is 6.93. The standard InChI is InChI=1S/C20H22N6O3/c27-20(21-9-8-16-15-25-10-2-1-3-19(25)22-16)24-13-11-23(12-14-24)17-4-6-18(7-5-17)26(28)29/h1-7,10,15H,8-9,11-14H2,(H,21,27). The number of amides is 2. The van der Waals surface area contributed by atoms with Crippen molar-refractivity contribution in [2.75, 3.05) is 37.6 Å². The van der Waals surface area contributed by atoms with Crippen LogP contribution in [0, 0.1) is 10.1 Å². The molecule has 1 N–H and O–H groups in total. The maximum atomic E-state index is 12.4. The van der Waals surface area contributed by atoms with E-state index in [1.54, 1.807) is 17.0 Å². The molecule has 4 rings (SSSR count). The van der Waals surface area contributed by atoms with Gasteiger partial charge in [-0.3, -0.25) is 10.1 Å². The van der Waals surface area contributed by atoms with E-state index in [4.69, 9.17) is 0 Å². The third-order valence-electron chi connectivity index (χ3n) is 5.06. The van der Waals surface area contributed by atoms with Crippen LogP contribution in [0.4, 0.5) is 16.2 Å². The number of nitrogens with one attached hydrogen (secondary N) is 1. The van der Waals surface area contributed by atoms with Crippen molar-refractivity contribution in [1.29, 1.82) is 0 Å². The predicted molar refractivity (Wildman–Crippen MR) is 109 cm³/mol. The lowest BCUT2D eigenvalue weighted by Gasteiger charge is -2.36. The molecule has 150 valence electrons. The SMILES string of the molecule is O=C(NCCc1cn2ccccc2n1)N1CCN(c2ccc([N+](=O)[O-])cc2)CC1. The average Bonchev–Trinajstić information content (AvgIpc) is 3.16. The van der Waals surface area contributed by atoms with Crippen molar-refractivity contribution < 1.29 is 9.72 Å². The Labute approximate surface area is 167 Å². The van der Waals surface area contributed by atoms with Crippen molar-refractivity contribution in [3.8, 4) is 0 Å². The molecule has 0 unspecified atom stereocenters. The quantitative estimate of drug-likeness (QED) is 0.529. The first-order valence-electron chi connectivity index (χ1n) is 9.55. The monoisotopic (exact) mass is 394 g/mol. The van der Waals surface area contributed by atoms with Gasteiger partial charge in [-0.05, 0) is 24.3 Å². The maximum absolute atomic E-state index is 12.4. The number of piperazine rings is 1. The van der Waals surface area contributed by atoms with Crippen molar-refractivity contribution in [3.05, 3.63) is 70.7 Å². The zero-order valence-electron chi connectivity index (χ0n) is 15.9. The molecule has 0 radical (unpaired) electrons. The molecule has 1 saturated heterocycles. The summed E-state index contributed by atoms with van der Waals surface area (Å²) in [6.45, 7) is 3.13. The average molecular weight is 394 g/mol. The van der Waals surface area contributed by atoms with E-state index in [0.717, 1.165) is 17.0 Å². The molecule has 0 saturated carbocycles.